The minimum absolute atomic E-state index is 0. The summed E-state index contributed by atoms with van der Waals surface area (Å²) in [5.41, 5.74) is 0. The number of hydrogen-bond acceptors (Lipinski definition) is 0. The maximum atomic E-state index is 0. The molecule has 0 aliphatic heterocycles. The molecular weight excluding hydrogens is 2150 g/mol. The molecule has 0 aromatic rings. The van der Waals surface area contributed by atoms with Crippen LogP contribution in [0.1, 0.15) is 0 Å². The third kappa shape index (κ3) is 129. The summed E-state index contributed by atoms with van der Waals surface area (Å²) in [5.74, 6) is 0. The molecule has 15 heavy (non-hydrogen) atoms. The number of rotatable bonds is 0. The standard InChI is InChI=1S/3CH3.11W.Y/h3*1H3;;;;;;;;;;;;/q3*-1;;;;;;;;;;;+2;. The molecule has 0 aliphatic carbocycles. The Balaban J connectivity index is 0. The van der Waals surface area contributed by atoms with Gasteiger partial charge in [-0.15, -0.1) is 0 Å². The van der Waals surface area contributed by atoms with Crippen LogP contribution in [0.15, 0.2) is 0 Å². The Bertz CT molecular complexity index is 15.8. The van der Waals surface area contributed by atoms with Crippen LogP contribution in [0.5, 0.6) is 0 Å². The predicted molar refractivity (Wildman–Crippen MR) is 19.2 cm³/mol. The van der Waals surface area contributed by atoms with E-state index in [4.69, 9.17) is 0 Å². The van der Waals surface area contributed by atoms with Crippen molar-refractivity contribution in [1.29, 1.82) is 0 Å². The van der Waals surface area contributed by atoms with Crippen LogP contribution in [0.4, 0.5) is 0 Å². The van der Waals surface area contributed by atoms with Gasteiger partial charge in [0.1, 0.15) is 0 Å². The van der Waals surface area contributed by atoms with Crippen LogP contribution >= 0.6 is 0 Å². The molecule has 12 heteroatoms. The van der Waals surface area contributed by atoms with Gasteiger partial charge in [0.2, 0.25) is 0 Å². The van der Waals surface area contributed by atoms with Gasteiger partial charge in [-0.2, -0.15) is 0 Å². The van der Waals surface area contributed by atoms with Crippen LogP contribution in [-0.2, 0) is 264 Å². The average molecular weight is 2160 g/mol. The summed E-state index contributed by atoms with van der Waals surface area (Å²) in [6, 6.07) is 0. The molecule has 0 rings (SSSR count). The summed E-state index contributed by atoms with van der Waals surface area (Å²) in [4.78, 5) is 0. The van der Waals surface area contributed by atoms with E-state index in [0.717, 1.165) is 0 Å². The number of hydrogen-bond donors (Lipinski definition) is 0. The van der Waals surface area contributed by atoms with Crippen molar-refractivity contribution in [3.05, 3.63) is 22.3 Å². The summed E-state index contributed by atoms with van der Waals surface area (Å²) in [6.45, 7) is 0. The fourth-order valence-electron chi connectivity index (χ4n) is 0. The van der Waals surface area contributed by atoms with Crippen molar-refractivity contribution in [1.82, 2.24) is 0 Å². The molecule has 0 atom stereocenters. The Kier molecular flexibility index (Phi) is 1530. The zero-order valence-corrected chi connectivity index (χ0v) is 43.2. The van der Waals surface area contributed by atoms with Gasteiger partial charge in [0.25, 0.3) is 0 Å². The van der Waals surface area contributed by atoms with Gasteiger partial charge in [-0.25, -0.2) is 0 Å². The zero-order chi connectivity index (χ0) is 0. The van der Waals surface area contributed by atoms with E-state index < -0.39 is 0 Å². The monoisotopic (exact) mass is 2160 g/mol. The van der Waals surface area contributed by atoms with Crippen LogP contribution in [-0.4, -0.2) is 0 Å². The topological polar surface area (TPSA) is 0 Å². The molecule has 0 N–H and O–H groups in total. The molecule has 0 aromatic heterocycles. The third-order valence-corrected chi connectivity index (χ3v) is 0. The maximum absolute atomic E-state index is 0. The second kappa shape index (κ2) is 142. The molecule has 91 valence electrons. The van der Waals surface area contributed by atoms with E-state index in [1.165, 1.54) is 0 Å². The molecule has 0 nitrogen and oxygen atoms in total. The van der Waals surface area contributed by atoms with Gasteiger partial charge in [-0.05, 0) is 0 Å². The van der Waals surface area contributed by atoms with E-state index in [-0.39, 0.29) is 287 Å². The van der Waals surface area contributed by atoms with Gasteiger partial charge >= 0.3 is 21.1 Å². The molecule has 0 fully saturated rings. The quantitative estimate of drug-likeness (QED) is 0.322. The van der Waals surface area contributed by atoms with Crippen molar-refractivity contribution >= 4 is 0 Å². The van der Waals surface area contributed by atoms with Crippen molar-refractivity contribution in [3.63, 3.8) is 0 Å². The van der Waals surface area contributed by atoms with E-state index in [1.54, 1.807) is 0 Å². The van der Waals surface area contributed by atoms with Crippen LogP contribution in [0.25, 0.3) is 0 Å². The van der Waals surface area contributed by atoms with Gasteiger partial charge < -0.3 is 22.3 Å². The first-order chi connectivity index (χ1) is 0. The van der Waals surface area contributed by atoms with Crippen LogP contribution in [0, 0.1) is 22.3 Å². The van der Waals surface area contributed by atoms with Crippen molar-refractivity contribution in [2.75, 3.05) is 0 Å². The molecule has 0 spiro atoms. The Labute approximate surface area is 279 Å². The molecule has 0 aromatic carbocycles. The SMILES string of the molecule is [CH3-].[CH3-].[CH3-].[W+2].[W].[W].[W].[W].[W].[W].[W].[W].[W].[W].[Y]. The van der Waals surface area contributed by atoms with Crippen molar-refractivity contribution in [2.24, 2.45) is 0 Å². The van der Waals surface area contributed by atoms with Gasteiger partial charge in [-0.1, -0.05) is 0 Å². The second-order valence-electron chi connectivity index (χ2n) is 0. The second-order valence-corrected chi connectivity index (χ2v) is 0. The first-order valence-corrected chi connectivity index (χ1v) is 0. The van der Waals surface area contributed by atoms with Crippen LogP contribution < -0.4 is 0 Å². The van der Waals surface area contributed by atoms with E-state index in [0.29, 0.717) is 0 Å². The summed E-state index contributed by atoms with van der Waals surface area (Å²) < 4.78 is 0. The largest absolute Gasteiger partial charge is 2.00 e. The molecule has 0 saturated carbocycles. The minimum atomic E-state index is 0. The van der Waals surface area contributed by atoms with Crippen molar-refractivity contribution in [2.45, 2.75) is 0 Å². The fraction of sp³-hybridized carbons (Fsp3) is 0. The van der Waals surface area contributed by atoms with Gasteiger partial charge in [0.15, 0.2) is 0 Å². The predicted octanol–water partition coefficient (Wildman–Crippen LogP) is 1.32. The Hall–Kier alpha value is 8.68. The Morgan fingerprint density at radius 3 is 0.267 bits per heavy atom. The molecule has 1 radical (unpaired) electrons. The average Bonchev–Trinajstić information content (AvgIpc) is 0. The Morgan fingerprint density at radius 2 is 0.267 bits per heavy atom. The molecule has 0 amide bonds. The van der Waals surface area contributed by atoms with Gasteiger partial charge in [0, 0.05) is 243 Å². The van der Waals surface area contributed by atoms with Crippen LogP contribution in [0.3, 0.4) is 0 Å². The smallest absolute Gasteiger partial charge is 0.358 e. The molecule has 0 unspecified atom stereocenters. The summed E-state index contributed by atoms with van der Waals surface area (Å²) in [6.07, 6.45) is 0. The van der Waals surface area contributed by atoms with Gasteiger partial charge in [-0.3, -0.25) is 0 Å². The summed E-state index contributed by atoms with van der Waals surface area (Å²) in [7, 11) is 0. The maximum Gasteiger partial charge on any atom is 2.00 e. The van der Waals surface area contributed by atoms with E-state index in [2.05, 4.69) is 0 Å². The van der Waals surface area contributed by atoms with E-state index >= 15 is 0 Å². The summed E-state index contributed by atoms with van der Waals surface area (Å²) in [5, 5.41) is 0. The van der Waals surface area contributed by atoms with E-state index in [9.17, 15) is 0 Å². The third-order valence-electron chi connectivity index (χ3n) is 0. The van der Waals surface area contributed by atoms with Crippen LogP contribution in [0.2, 0.25) is 0 Å². The van der Waals surface area contributed by atoms with Crippen molar-refractivity contribution in [3.8, 4) is 0 Å². The zero-order valence-electron chi connectivity index (χ0n) is 8.07. The minimum Gasteiger partial charge on any atom is -0.358 e. The normalized spacial score (nSPS) is 0. The van der Waals surface area contributed by atoms with Crippen molar-refractivity contribution < 1.29 is 264 Å². The molecule has 0 bridgehead atoms. The first kappa shape index (κ1) is 162. The molecule has 0 heterocycles. The molecular formula is C3H9W11Y-. The first-order valence-electron chi connectivity index (χ1n) is 0. The molecule has 0 saturated heterocycles. The fourth-order valence-corrected chi connectivity index (χ4v) is 0. The van der Waals surface area contributed by atoms with Gasteiger partial charge in [0.05, 0.1) is 0 Å². The Morgan fingerprint density at radius 1 is 0.267 bits per heavy atom. The molecule has 0 aliphatic rings. The summed E-state index contributed by atoms with van der Waals surface area (Å²) >= 11 is 0. The van der Waals surface area contributed by atoms with E-state index in [1.807, 2.05) is 0 Å².